The van der Waals surface area contributed by atoms with Gasteiger partial charge in [0.25, 0.3) is 0 Å². The molecule has 22 heavy (non-hydrogen) atoms. The highest BCUT2D eigenvalue weighted by Crippen LogP contribution is 2.43. The van der Waals surface area contributed by atoms with Crippen LogP contribution in [0, 0.1) is 11.8 Å². The van der Waals surface area contributed by atoms with Gasteiger partial charge >= 0.3 is 5.76 Å². The molecular formula is C15H18N2O4S. The Balaban J connectivity index is 1.99. The van der Waals surface area contributed by atoms with Crippen LogP contribution in [0.3, 0.4) is 0 Å². The van der Waals surface area contributed by atoms with E-state index in [9.17, 15) is 13.2 Å². The fourth-order valence-electron chi connectivity index (χ4n) is 3.45. The molecule has 2 aromatic rings. The molecule has 1 aromatic carbocycles. The molecule has 0 amide bonds. The lowest BCUT2D eigenvalue weighted by Crippen LogP contribution is -2.33. The lowest BCUT2D eigenvalue weighted by Gasteiger charge is -2.36. The summed E-state index contributed by atoms with van der Waals surface area (Å²) >= 11 is 0. The fourth-order valence-corrected chi connectivity index (χ4v) is 5.14. The van der Waals surface area contributed by atoms with E-state index in [4.69, 9.17) is 4.42 Å². The number of fused-ring (bicyclic) bond motifs is 1. The van der Waals surface area contributed by atoms with Crippen LogP contribution in [0.1, 0.15) is 29.2 Å². The van der Waals surface area contributed by atoms with Crippen LogP contribution in [0.25, 0.3) is 0 Å². The Morgan fingerprint density at radius 2 is 2.09 bits per heavy atom. The first-order valence-corrected chi connectivity index (χ1v) is 9.13. The molecule has 0 bridgehead atoms. The zero-order chi connectivity index (χ0) is 15.9. The summed E-state index contributed by atoms with van der Waals surface area (Å²) in [5.74, 6) is -0.278. The van der Waals surface area contributed by atoms with Gasteiger partial charge in [-0.1, -0.05) is 31.2 Å². The Morgan fingerprint density at radius 3 is 2.73 bits per heavy atom. The number of hydrogen-bond acceptors (Lipinski definition) is 5. The summed E-state index contributed by atoms with van der Waals surface area (Å²) in [4.78, 5) is 11.1. The van der Waals surface area contributed by atoms with Gasteiger partial charge in [0.2, 0.25) is 5.89 Å². The molecule has 1 aliphatic rings. The Hall–Kier alpha value is -1.89. The van der Waals surface area contributed by atoms with Gasteiger partial charge in [0, 0.05) is 12.7 Å². The van der Waals surface area contributed by atoms with E-state index in [-0.39, 0.29) is 11.8 Å². The molecule has 1 aromatic heterocycles. The van der Waals surface area contributed by atoms with Crippen LogP contribution in [0.5, 0.6) is 0 Å². The number of benzene rings is 1. The molecule has 0 saturated carbocycles. The van der Waals surface area contributed by atoms with Crippen molar-refractivity contribution in [1.82, 2.24) is 10.2 Å². The van der Waals surface area contributed by atoms with Gasteiger partial charge in [0.15, 0.2) is 9.84 Å². The monoisotopic (exact) mass is 322 g/mol. The molecule has 1 aliphatic carbocycles. The summed E-state index contributed by atoms with van der Waals surface area (Å²) in [7, 11) is -3.23. The smallest absolute Gasteiger partial charge is 0.392 e. The third kappa shape index (κ3) is 2.72. The maximum absolute atomic E-state index is 12.3. The van der Waals surface area contributed by atoms with Crippen molar-refractivity contribution in [1.29, 1.82) is 0 Å². The zero-order valence-electron chi connectivity index (χ0n) is 12.4. The van der Waals surface area contributed by atoms with Crippen molar-refractivity contribution in [2.45, 2.75) is 25.0 Å². The summed E-state index contributed by atoms with van der Waals surface area (Å²) < 4.78 is 29.5. The Kier molecular flexibility index (Phi) is 3.68. The first-order valence-electron chi connectivity index (χ1n) is 7.17. The van der Waals surface area contributed by atoms with Crippen LogP contribution in [0.2, 0.25) is 0 Å². The van der Waals surface area contributed by atoms with E-state index in [2.05, 4.69) is 10.2 Å². The third-order valence-corrected chi connectivity index (χ3v) is 6.05. The van der Waals surface area contributed by atoms with Crippen molar-refractivity contribution in [2.24, 2.45) is 11.8 Å². The topological polar surface area (TPSA) is 93.0 Å². The van der Waals surface area contributed by atoms with E-state index >= 15 is 0 Å². The van der Waals surface area contributed by atoms with Gasteiger partial charge in [-0.2, -0.15) is 0 Å². The van der Waals surface area contributed by atoms with E-state index in [0.29, 0.717) is 12.3 Å². The molecule has 118 valence electrons. The van der Waals surface area contributed by atoms with Crippen molar-refractivity contribution in [3.05, 3.63) is 51.8 Å². The van der Waals surface area contributed by atoms with Gasteiger partial charge in [-0.3, -0.25) is 0 Å². The lowest BCUT2D eigenvalue weighted by atomic mass is 9.75. The van der Waals surface area contributed by atoms with Crippen molar-refractivity contribution in [2.75, 3.05) is 6.26 Å². The number of nitrogens with zero attached hydrogens (tertiary/aromatic N) is 1. The lowest BCUT2D eigenvalue weighted by molar-refractivity contribution is 0.292. The second kappa shape index (κ2) is 5.39. The minimum Gasteiger partial charge on any atom is -0.392 e. The number of aromatic nitrogens is 2. The van der Waals surface area contributed by atoms with Gasteiger partial charge in [-0.05, 0) is 29.4 Å². The van der Waals surface area contributed by atoms with Crippen molar-refractivity contribution >= 4 is 9.84 Å². The Bertz CT molecular complexity index is 837. The molecule has 1 heterocycles. The van der Waals surface area contributed by atoms with Crippen LogP contribution in [0.15, 0.2) is 33.5 Å². The Morgan fingerprint density at radius 1 is 1.36 bits per heavy atom. The van der Waals surface area contributed by atoms with Crippen molar-refractivity contribution < 1.29 is 12.8 Å². The average Bonchev–Trinajstić information content (AvgIpc) is 2.83. The van der Waals surface area contributed by atoms with Crippen LogP contribution >= 0.6 is 0 Å². The van der Waals surface area contributed by atoms with Crippen molar-refractivity contribution in [3.63, 3.8) is 0 Å². The van der Waals surface area contributed by atoms with E-state index in [0.717, 1.165) is 17.5 Å². The highest BCUT2D eigenvalue weighted by molar-refractivity contribution is 7.90. The number of rotatable bonds is 3. The quantitative estimate of drug-likeness (QED) is 0.924. The number of sulfone groups is 1. The summed E-state index contributed by atoms with van der Waals surface area (Å²) in [5, 5.41) is 5.54. The molecule has 3 atom stereocenters. The predicted molar refractivity (Wildman–Crippen MR) is 81.2 cm³/mol. The minimum atomic E-state index is -3.23. The van der Waals surface area contributed by atoms with Crippen LogP contribution in [-0.2, 0) is 22.7 Å². The number of H-pyrrole nitrogens is 1. The normalized spacial score (nSPS) is 24.9. The molecule has 0 aliphatic heterocycles. The second-order valence-electron chi connectivity index (χ2n) is 5.98. The van der Waals surface area contributed by atoms with Crippen LogP contribution in [0.4, 0.5) is 0 Å². The van der Waals surface area contributed by atoms with Crippen molar-refractivity contribution in [3.8, 4) is 0 Å². The first-order chi connectivity index (χ1) is 10.4. The van der Waals surface area contributed by atoms with E-state index in [1.54, 1.807) is 0 Å². The largest absolute Gasteiger partial charge is 0.434 e. The van der Waals surface area contributed by atoms with E-state index in [1.807, 2.05) is 31.2 Å². The van der Waals surface area contributed by atoms with Gasteiger partial charge < -0.3 is 4.42 Å². The van der Waals surface area contributed by atoms with Gasteiger partial charge in [-0.25, -0.2) is 18.3 Å². The zero-order valence-corrected chi connectivity index (χ0v) is 13.3. The highest BCUT2D eigenvalue weighted by atomic mass is 32.2. The van der Waals surface area contributed by atoms with E-state index < -0.39 is 20.8 Å². The number of nitrogens with one attached hydrogen (secondary N) is 1. The summed E-state index contributed by atoms with van der Waals surface area (Å²) in [6, 6.07) is 7.65. The Labute approximate surface area is 128 Å². The van der Waals surface area contributed by atoms with E-state index in [1.165, 1.54) is 6.26 Å². The molecular weight excluding hydrogens is 304 g/mol. The fraction of sp³-hybridized carbons (Fsp3) is 0.467. The second-order valence-corrected chi connectivity index (χ2v) is 8.15. The van der Waals surface area contributed by atoms with Crippen LogP contribution in [-0.4, -0.2) is 24.9 Å². The summed E-state index contributed by atoms with van der Waals surface area (Å²) in [6.07, 6.45) is 2.47. The molecule has 3 rings (SSSR count). The maximum atomic E-state index is 12.3. The summed E-state index contributed by atoms with van der Waals surface area (Å²) in [6.45, 7) is 1.94. The standard InChI is InChI=1S/C15H18N2O4S/c1-9-11(8-13-16-17-15(18)21-13)7-10-5-3-4-6-12(10)14(9)22(2,19)20/h3-6,9,11,14H,7-8H2,1-2H3,(H,17,18)/t9-,11+,14?/m1/s1. The third-order valence-electron chi connectivity index (χ3n) is 4.45. The highest BCUT2D eigenvalue weighted by Gasteiger charge is 2.39. The first kappa shape index (κ1) is 15.0. The van der Waals surface area contributed by atoms with Crippen LogP contribution < -0.4 is 5.76 Å². The molecule has 0 fully saturated rings. The van der Waals surface area contributed by atoms with Gasteiger partial charge in [0.1, 0.15) is 0 Å². The SMILES string of the molecule is C[C@H]1C(S(C)(=O)=O)c2ccccc2C[C@H]1Cc1n[nH]c(=O)o1. The van der Waals surface area contributed by atoms with Gasteiger partial charge in [0.05, 0.1) is 5.25 Å². The number of hydrogen-bond donors (Lipinski definition) is 1. The minimum absolute atomic E-state index is 0.0566. The molecule has 1 N–H and O–H groups in total. The van der Waals surface area contributed by atoms with Gasteiger partial charge in [-0.15, -0.1) is 5.10 Å². The summed E-state index contributed by atoms with van der Waals surface area (Å²) in [5.41, 5.74) is 1.93. The molecule has 0 saturated heterocycles. The number of aromatic amines is 1. The average molecular weight is 322 g/mol. The molecule has 7 heteroatoms. The molecule has 0 spiro atoms. The molecule has 6 nitrogen and oxygen atoms in total. The molecule has 1 unspecified atom stereocenters. The predicted octanol–water partition coefficient (Wildman–Crippen LogP) is 1.50. The maximum Gasteiger partial charge on any atom is 0.434 e. The molecule has 0 radical (unpaired) electrons.